The zero-order valence-electron chi connectivity index (χ0n) is 10.4. The molecular weight excluding hydrogens is 265 g/mol. The maximum atomic E-state index is 12.5. The number of para-hydroxylation sites is 1. The van der Waals surface area contributed by atoms with Gasteiger partial charge in [-0.3, -0.25) is 0 Å². The quantitative estimate of drug-likeness (QED) is 0.639. The monoisotopic (exact) mass is 276 g/mol. The molecule has 3 aromatic rings. The molecule has 1 aromatic heterocycles. The molecule has 102 valence electrons. The molecule has 0 saturated carbocycles. The largest absolute Gasteiger partial charge is 0.461 e. The van der Waals surface area contributed by atoms with E-state index in [1.54, 1.807) is 0 Å². The van der Waals surface area contributed by atoms with Crippen molar-refractivity contribution in [3.8, 4) is 0 Å². The Morgan fingerprint density at radius 1 is 0.900 bits per heavy atom. The summed E-state index contributed by atoms with van der Waals surface area (Å²) in [6.07, 6.45) is -3.81. The van der Waals surface area contributed by atoms with E-state index in [0.29, 0.717) is 6.42 Å². The molecule has 0 aliphatic carbocycles. The highest BCUT2D eigenvalue weighted by Crippen LogP contribution is 2.29. The van der Waals surface area contributed by atoms with E-state index in [9.17, 15) is 13.2 Å². The molecule has 0 N–H and O–H groups in total. The lowest BCUT2D eigenvalue weighted by Gasteiger charge is -2.06. The van der Waals surface area contributed by atoms with Gasteiger partial charge >= 0.3 is 6.18 Å². The van der Waals surface area contributed by atoms with Crippen LogP contribution < -0.4 is 0 Å². The van der Waals surface area contributed by atoms with E-state index < -0.39 is 11.7 Å². The van der Waals surface area contributed by atoms with Crippen molar-refractivity contribution in [2.75, 3.05) is 0 Å². The van der Waals surface area contributed by atoms with Crippen LogP contribution in [0.5, 0.6) is 0 Å². The fourth-order valence-electron chi connectivity index (χ4n) is 2.14. The third kappa shape index (κ3) is 2.54. The summed E-state index contributed by atoms with van der Waals surface area (Å²) in [6, 6.07) is 14.7. The van der Waals surface area contributed by atoms with Gasteiger partial charge in [0.15, 0.2) is 0 Å². The molecule has 0 atom stereocenters. The molecular formula is C16H11F3O. The molecule has 0 bridgehead atoms. The lowest BCUT2D eigenvalue weighted by Crippen LogP contribution is -2.04. The number of benzene rings is 2. The summed E-state index contributed by atoms with van der Waals surface area (Å²) in [6.45, 7) is 0. The minimum absolute atomic E-state index is 0.479. The van der Waals surface area contributed by atoms with E-state index in [-0.39, 0.29) is 0 Å². The van der Waals surface area contributed by atoms with Crippen molar-refractivity contribution in [2.24, 2.45) is 0 Å². The van der Waals surface area contributed by atoms with Crippen LogP contribution in [0.4, 0.5) is 13.2 Å². The smallest absolute Gasteiger partial charge is 0.416 e. The summed E-state index contributed by atoms with van der Waals surface area (Å²) < 4.78 is 43.0. The predicted molar refractivity (Wildman–Crippen MR) is 70.5 cm³/mol. The molecule has 0 aliphatic rings. The van der Waals surface area contributed by atoms with Crippen LogP contribution in [-0.4, -0.2) is 0 Å². The van der Waals surface area contributed by atoms with E-state index in [1.165, 1.54) is 12.1 Å². The maximum Gasteiger partial charge on any atom is 0.416 e. The van der Waals surface area contributed by atoms with Crippen LogP contribution >= 0.6 is 0 Å². The minimum atomic E-state index is -4.29. The van der Waals surface area contributed by atoms with Gasteiger partial charge in [0.25, 0.3) is 0 Å². The lowest BCUT2D eigenvalue weighted by atomic mass is 10.1. The third-order valence-electron chi connectivity index (χ3n) is 3.14. The second kappa shape index (κ2) is 4.71. The Hall–Kier alpha value is -2.23. The van der Waals surface area contributed by atoms with Crippen LogP contribution in [-0.2, 0) is 12.6 Å². The molecule has 4 heteroatoms. The van der Waals surface area contributed by atoms with E-state index in [4.69, 9.17) is 4.42 Å². The summed E-state index contributed by atoms with van der Waals surface area (Å²) in [5.41, 5.74) is 0.942. The van der Waals surface area contributed by atoms with Gasteiger partial charge in [-0.2, -0.15) is 13.2 Å². The molecule has 2 aromatic carbocycles. The number of rotatable bonds is 2. The molecule has 0 aliphatic heterocycles. The zero-order chi connectivity index (χ0) is 14.2. The van der Waals surface area contributed by atoms with Crippen LogP contribution in [0.3, 0.4) is 0 Å². The summed E-state index contributed by atoms with van der Waals surface area (Å²) in [5.74, 6) is 0.742. The van der Waals surface area contributed by atoms with Gasteiger partial charge in [-0.25, -0.2) is 0 Å². The van der Waals surface area contributed by atoms with Gasteiger partial charge in [-0.1, -0.05) is 30.3 Å². The van der Waals surface area contributed by atoms with E-state index in [0.717, 1.165) is 34.4 Å². The van der Waals surface area contributed by atoms with Crippen molar-refractivity contribution >= 4 is 11.0 Å². The van der Waals surface area contributed by atoms with Gasteiger partial charge in [0.2, 0.25) is 0 Å². The van der Waals surface area contributed by atoms with Gasteiger partial charge in [-0.15, -0.1) is 0 Å². The Balaban J connectivity index is 1.84. The summed E-state index contributed by atoms with van der Waals surface area (Å²) in [4.78, 5) is 0. The highest BCUT2D eigenvalue weighted by atomic mass is 19.4. The van der Waals surface area contributed by atoms with Gasteiger partial charge in [0, 0.05) is 11.8 Å². The molecule has 0 unspecified atom stereocenters. The van der Waals surface area contributed by atoms with E-state index >= 15 is 0 Å². The first-order valence-corrected chi connectivity index (χ1v) is 6.16. The Labute approximate surface area is 113 Å². The second-order valence-corrected chi connectivity index (χ2v) is 4.62. The molecule has 0 fully saturated rings. The fourth-order valence-corrected chi connectivity index (χ4v) is 2.14. The molecule has 1 nitrogen and oxygen atoms in total. The Morgan fingerprint density at radius 3 is 2.25 bits per heavy atom. The maximum absolute atomic E-state index is 12.5. The first kappa shape index (κ1) is 12.8. The predicted octanol–water partition coefficient (Wildman–Crippen LogP) is 5.04. The van der Waals surface area contributed by atoms with Gasteiger partial charge in [0.05, 0.1) is 5.56 Å². The van der Waals surface area contributed by atoms with Gasteiger partial charge in [0.1, 0.15) is 11.3 Å². The van der Waals surface area contributed by atoms with Crippen LogP contribution in [0.2, 0.25) is 0 Å². The average Bonchev–Trinajstić information content (AvgIpc) is 2.80. The standard InChI is InChI=1S/C16H11F3O/c17-16(18,19)13-7-5-11(6-8-13)9-14-10-12-3-1-2-4-15(12)20-14/h1-8,10H,9H2. The van der Waals surface area contributed by atoms with E-state index in [1.807, 2.05) is 30.3 Å². The number of halogens is 3. The molecule has 0 saturated heterocycles. The number of fused-ring (bicyclic) bond motifs is 1. The number of alkyl halides is 3. The van der Waals surface area contributed by atoms with Crippen molar-refractivity contribution in [1.82, 2.24) is 0 Å². The molecule has 1 heterocycles. The van der Waals surface area contributed by atoms with Crippen molar-refractivity contribution in [1.29, 1.82) is 0 Å². The topological polar surface area (TPSA) is 13.1 Å². The number of hydrogen-bond donors (Lipinski definition) is 0. The summed E-state index contributed by atoms with van der Waals surface area (Å²) in [7, 11) is 0. The summed E-state index contributed by atoms with van der Waals surface area (Å²) >= 11 is 0. The van der Waals surface area contributed by atoms with Crippen molar-refractivity contribution in [3.05, 3.63) is 71.5 Å². The highest BCUT2D eigenvalue weighted by molar-refractivity contribution is 5.77. The van der Waals surface area contributed by atoms with E-state index in [2.05, 4.69) is 0 Å². The Bertz CT molecular complexity index is 690. The normalized spacial score (nSPS) is 11.9. The average molecular weight is 276 g/mol. The van der Waals surface area contributed by atoms with Crippen molar-refractivity contribution in [2.45, 2.75) is 12.6 Å². The summed E-state index contributed by atoms with van der Waals surface area (Å²) in [5, 5.41) is 0.995. The minimum Gasteiger partial charge on any atom is -0.461 e. The first-order chi connectivity index (χ1) is 9.52. The van der Waals surface area contributed by atoms with Crippen LogP contribution in [0.1, 0.15) is 16.9 Å². The first-order valence-electron chi connectivity index (χ1n) is 6.16. The third-order valence-corrected chi connectivity index (χ3v) is 3.14. The van der Waals surface area contributed by atoms with Crippen LogP contribution in [0.15, 0.2) is 59.0 Å². The Kier molecular flexibility index (Phi) is 3.01. The molecule has 0 radical (unpaired) electrons. The molecule has 20 heavy (non-hydrogen) atoms. The van der Waals surface area contributed by atoms with Crippen molar-refractivity contribution < 1.29 is 17.6 Å². The number of furan rings is 1. The Morgan fingerprint density at radius 2 is 1.60 bits per heavy atom. The molecule has 3 rings (SSSR count). The zero-order valence-corrected chi connectivity index (χ0v) is 10.4. The SMILES string of the molecule is FC(F)(F)c1ccc(Cc2cc3ccccc3o2)cc1. The van der Waals surface area contributed by atoms with Crippen LogP contribution in [0.25, 0.3) is 11.0 Å². The lowest BCUT2D eigenvalue weighted by molar-refractivity contribution is -0.137. The number of hydrogen-bond acceptors (Lipinski definition) is 1. The van der Waals surface area contributed by atoms with Crippen LogP contribution in [0, 0.1) is 0 Å². The van der Waals surface area contributed by atoms with Gasteiger partial charge in [-0.05, 0) is 29.8 Å². The highest BCUT2D eigenvalue weighted by Gasteiger charge is 2.29. The van der Waals surface area contributed by atoms with Crippen molar-refractivity contribution in [3.63, 3.8) is 0 Å². The second-order valence-electron chi connectivity index (χ2n) is 4.62. The van der Waals surface area contributed by atoms with Gasteiger partial charge < -0.3 is 4.42 Å². The molecule has 0 spiro atoms. The molecule has 0 amide bonds. The fraction of sp³-hybridized carbons (Fsp3) is 0.125.